The van der Waals surface area contributed by atoms with Gasteiger partial charge in [-0.25, -0.2) is 9.59 Å². The molecule has 0 radical (unpaired) electrons. The minimum Gasteiger partial charge on any atom is -0.497 e. The predicted octanol–water partition coefficient (Wildman–Crippen LogP) is 4.70. The van der Waals surface area contributed by atoms with Gasteiger partial charge in [-0.3, -0.25) is 9.69 Å². The Morgan fingerprint density at radius 1 is 0.958 bits per heavy atom. The van der Waals surface area contributed by atoms with Gasteiger partial charge >= 0.3 is 18.1 Å². The largest absolute Gasteiger partial charge is 0.514 e. The number of carbonyl (C=O) groups is 3. The molecule has 1 aliphatic carbocycles. The number of piperidine rings is 1. The van der Waals surface area contributed by atoms with Crippen molar-refractivity contribution in [3.8, 4) is 23.0 Å². The van der Waals surface area contributed by atoms with E-state index in [-0.39, 0.29) is 47.3 Å². The van der Waals surface area contributed by atoms with E-state index >= 15 is 0 Å². The van der Waals surface area contributed by atoms with Gasteiger partial charge < -0.3 is 42.9 Å². The van der Waals surface area contributed by atoms with Crippen LogP contribution in [-0.2, 0) is 30.2 Å². The lowest BCUT2D eigenvalue weighted by molar-refractivity contribution is -0.176. The highest BCUT2D eigenvalue weighted by atomic mass is 16.7. The summed E-state index contributed by atoms with van der Waals surface area (Å²) in [6.45, 7) is 3.37. The van der Waals surface area contributed by atoms with Crippen LogP contribution in [-0.4, -0.2) is 95.4 Å². The summed E-state index contributed by atoms with van der Waals surface area (Å²) in [7, 11) is 7.30. The van der Waals surface area contributed by atoms with E-state index in [1.54, 1.807) is 14.0 Å². The van der Waals surface area contributed by atoms with Crippen LogP contribution in [0.4, 0.5) is 4.79 Å². The molecule has 6 rings (SSSR count). The number of aromatic nitrogens is 1. The molecule has 1 saturated heterocycles. The maximum Gasteiger partial charge on any atom is 0.514 e. The molecule has 0 unspecified atom stereocenters. The number of rotatable bonds is 9. The van der Waals surface area contributed by atoms with Crippen molar-refractivity contribution in [3.05, 3.63) is 47.2 Å². The zero-order valence-electron chi connectivity index (χ0n) is 28.0. The third kappa shape index (κ3) is 6.00. The molecule has 1 aromatic heterocycles. The Bertz CT molecular complexity index is 1660. The first-order valence-electron chi connectivity index (χ1n) is 16.1. The number of hydrogen-bond donors (Lipinski definition) is 1. The monoisotopic (exact) mass is 666 g/mol. The topological polar surface area (TPSA) is 144 Å². The standard InChI is InChI=1S/C35H42N2O11/c1-7-46-35(40)48-31-26(42-3)12-18(13-27(31)43-4)33(38)47-28-14-19-17-37-11-10-22-21-9-8-20(41-2)15-24(21)36-30(22)25(37)16-23(19)29(32(28)44-5)34(39)45-6/h8-9,12-13,15,19,23,25,28-29,32,36H,7,10-11,14,16-17H2,1-6H3/t19-,23-,25-,28+,29-,32+/m0/s1. The second kappa shape index (κ2) is 13.9. The van der Waals surface area contributed by atoms with E-state index in [2.05, 4.69) is 16.0 Å². The molecular weight excluding hydrogens is 624 g/mol. The van der Waals surface area contributed by atoms with Crippen molar-refractivity contribution < 1.29 is 52.3 Å². The number of hydrogen-bond acceptors (Lipinski definition) is 12. The first kappa shape index (κ1) is 33.4. The Morgan fingerprint density at radius 2 is 1.71 bits per heavy atom. The van der Waals surface area contributed by atoms with Crippen molar-refractivity contribution in [2.45, 2.75) is 44.4 Å². The molecule has 0 spiro atoms. The Kier molecular flexibility index (Phi) is 9.70. The van der Waals surface area contributed by atoms with Gasteiger partial charge in [0.1, 0.15) is 18.0 Å². The molecule has 1 saturated carbocycles. The number of benzene rings is 2. The quantitative estimate of drug-likeness (QED) is 0.192. The zero-order chi connectivity index (χ0) is 34.1. The van der Waals surface area contributed by atoms with Crippen LogP contribution >= 0.6 is 0 Å². The van der Waals surface area contributed by atoms with Crippen molar-refractivity contribution >= 4 is 29.0 Å². The first-order valence-corrected chi connectivity index (χ1v) is 16.1. The van der Waals surface area contributed by atoms with Crippen LogP contribution < -0.4 is 18.9 Å². The molecule has 2 aromatic carbocycles. The SMILES string of the molecule is CCOC(=O)Oc1c(OC)cc(C(=O)O[C@@H]2C[C@H]3CN4CCc5c([nH]c6cc(OC)ccc56)[C@@H]4C[C@@H]3[C@H](C(=O)OC)[C@@H]2OC)cc1OC. The highest BCUT2D eigenvalue weighted by Gasteiger charge is 2.54. The minimum absolute atomic E-state index is 0.0356. The number of esters is 2. The summed E-state index contributed by atoms with van der Waals surface area (Å²) in [5.74, 6) is -0.833. The molecule has 0 amide bonds. The number of methoxy groups -OCH3 is 5. The van der Waals surface area contributed by atoms with Gasteiger partial charge in [-0.2, -0.15) is 0 Å². The van der Waals surface area contributed by atoms with Gasteiger partial charge in [0.2, 0.25) is 5.75 Å². The summed E-state index contributed by atoms with van der Waals surface area (Å²) in [4.78, 5) is 45.3. The third-order valence-corrected chi connectivity index (χ3v) is 10.0. The lowest BCUT2D eigenvalue weighted by Crippen LogP contribution is -2.58. The molecule has 0 bridgehead atoms. The summed E-state index contributed by atoms with van der Waals surface area (Å²) < 4.78 is 43.8. The number of fused-ring (bicyclic) bond motifs is 6. The normalized spacial score (nSPS) is 24.8. The molecular formula is C35H42N2O11. The third-order valence-electron chi connectivity index (χ3n) is 10.0. The van der Waals surface area contributed by atoms with Crippen LogP contribution in [0.2, 0.25) is 0 Å². The molecule has 13 nitrogen and oxygen atoms in total. The smallest absolute Gasteiger partial charge is 0.497 e. The van der Waals surface area contributed by atoms with Gasteiger partial charge in [0.25, 0.3) is 0 Å². The fraction of sp³-hybridized carbons (Fsp3) is 0.514. The fourth-order valence-corrected chi connectivity index (χ4v) is 7.89. The van der Waals surface area contributed by atoms with Crippen molar-refractivity contribution in [1.82, 2.24) is 9.88 Å². The van der Waals surface area contributed by atoms with Crippen molar-refractivity contribution in [1.29, 1.82) is 0 Å². The Morgan fingerprint density at radius 3 is 2.35 bits per heavy atom. The van der Waals surface area contributed by atoms with Gasteiger partial charge in [0.05, 0.1) is 52.6 Å². The second-order valence-electron chi connectivity index (χ2n) is 12.3. The number of nitrogens with zero attached hydrogens (tertiary/aromatic N) is 1. The van der Waals surface area contributed by atoms with Gasteiger partial charge in [-0.1, -0.05) is 0 Å². The Balaban J connectivity index is 1.27. The van der Waals surface area contributed by atoms with Crippen LogP contribution in [0.5, 0.6) is 23.0 Å². The van der Waals surface area contributed by atoms with Crippen LogP contribution in [0.25, 0.3) is 10.9 Å². The van der Waals surface area contributed by atoms with E-state index in [0.29, 0.717) is 6.42 Å². The van der Waals surface area contributed by atoms with Crippen LogP contribution in [0, 0.1) is 17.8 Å². The number of ether oxygens (including phenoxy) is 8. The van der Waals surface area contributed by atoms with Crippen LogP contribution in [0.3, 0.4) is 0 Å². The second-order valence-corrected chi connectivity index (χ2v) is 12.3. The highest BCUT2D eigenvalue weighted by Crippen LogP contribution is 2.51. The maximum atomic E-state index is 13.7. The lowest BCUT2D eigenvalue weighted by Gasteiger charge is -2.52. The summed E-state index contributed by atoms with van der Waals surface area (Å²) in [5, 5.41) is 1.19. The maximum absolute atomic E-state index is 13.7. The van der Waals surface area contributed by atoms with E-state index in [1.807, 2.05) is 12.1 Å². The lowest BCUT2D eigenvalue weighted by atomic mass is 9.63. The molecule has 3 aliphatic rings. The van der Waals surface area contributed by atoms with Crippen LogP contribution in [0.1, 0.15) is 47.4 Å². The molecule has 2 fully saturated rings. The molecule has 13 heteroatoms. The van der Waals surface area contributed by atoms with E-state index in [9.17, 15) is 14.4 Å². The van der Waals surface area contributed by atoms with E-state index < -0.39 is 36.2 Å². The fourth-order valence-electron chi connectivity index (χ4n) is 7.89. The van der Waals surface area contributed by atoms with Gasteiger partial charge in [-0.15, -0.1) is 0 Å². The van der Waals surface area contributed by atoms with Crippen molar-refractivity contribution in [2.24, 2.45) is 17.8 Å². The highest BCUT2D eigenvalue weighted by molar-refractivity contribution is 5.92. The van der Waals surface area contributed by atoms with Crippen LogP contribution in [0.15, 0.2) is 30.3 Å². The predicted molar refractivity (Wildman–Crippen MR) is 172 cm³/mol. The summed E-state index contributed by atoms with van der Waals surface area (Å²) in [6.07, 6.45) is -0.298. The van der Waals surface area contributed by atoms with Gasteiger partial charge in [0, 0.05) is 42.9 Å². The molecule has 2 aliphatic heterocycles. The minimum atomic E-state index is -0.942. The van der Waals surface area contributed by atoms with E-state index in [0.717, 1.165) is 37.2 Å². The summed E-state index contributed by atoms with van der Waals surface area (Å²) in [5.41, 5.74) is 3.62. The number of nitrogens with one attached hydrogen (secondary N) is 1. The summed E-state index contributed by atoms with van der Waals surface area (Å²) in [6, 6.07) is 9.00. The zero-order valence-corrected chi connectivity index (χ0v) is 28.0. The first-order chi connectivity index (χ1) is 23.2. The molecule has 6 atom stereocenters. The number of carbonyl (C=O) groups excluding carboxylic acids is 3. The van der Waals surface area contributed by atoms with Crippen molar-refractivity contribution in [2.75, 3.05) is 55.2 Å². The van der Waals surface area contributed by atoms with Crippen molar-refractivity contribution in [3.63, 3.8) is 0 Å². The molecule has 3 heterocycles. The number of aromatic amines is 1. The average molecular weight is 667 g/mol. The Hall–Kier alpha value is -4.49. The molecule has 258 valence electrons. The van der Waals surface area contributed by atoms with E-state index in [4.69, 9.17) is 37.9 Å². The molecule has 1 N–H and O–H groups in total. The average Bonchev–Trinajstić information content (AvgIpc) is 3.48. The Labute approximate surface area is 278 Å². The number of H-pyrrole nitrogens is 1. The molecule has 48 heavy (non-hydrogen) atoms. The summed E-state index contributed by atoms with van der Waals surface area (Å²) >= 11 is 0. The van der Waals surface area contributed by atoms with Gasteiger partial charge in [-0.05, 0) is 67.9 Å². The molecule has 3 aromatic rings. The van der Waals surface area contributed by atoms with Gasteiger partial charge in [0.15, 0.2) is 11.5 Å². The van der Waals surface area contributed by atoms with E-state index in [1.165, 1.54) is 57.2 Å².